The van der Waals surface area contributed by atoms with Gasteiger partial charge in [0.15, 0.2) is 0 Å². The van der Waals surface area contributed by atoms with Gasteiger partial charge in [0.2, 0.25) is 5.78 Å². The minimum absolute atomic E-state index is 0.0301. The molecule has 62 valence electrons. The summed E-state index contributed by atoms with van der Waals surface area (Å²) in [7, 11) is 0. The van der Waals surface area contributed by atoms with Gasteiger partial charge in [0, 0.05) is 6.20 Å². The minimum Gasteiger partial charge on any atom is -0.288 e. The molecule has 0 unspecified atom stereocenters. The number of nitrogens with zero attached hydrogens (tertiary/aromatic N) is 1. The average molecular weight is 161 g/mol. The first-order valence-corrected chi connectivity index (χ1v) is 3.96. The topological polar surface area (TPSA) is 30.0 Å². The number of aromatic nitrogens is 1. The van der Waals surface area contributed by atoms with Gasteiger partial charge in [-0.25, -0.2) is 0 Å². The maximum absolute atomic E-state index is 11.3. The first-order valence-electron chi connectivity index (χ1n) is 3.96. The average Bonchev–Trinajstić information content (AvgIpc) is 2.15. The predicted octanol–water partition coefficient (Wildman–Crippen LogP) is 2.23. The molecule has 0 saturated heterocycles. The molecule has 0 aliphatic rings. The highest BCUT2D eigenvalue weighted by molar-refractivity contribution is 6.02. The first-order chi connectivity index (χ1) is 5.84. The summed E-state index contributed by atoms with van der Waals surface area (Å²) in [4.78, 5) is 15.2. The van der Waals surface area contributed by atoms with Crippen molar-refractivity contribution >= 4 is 5.78 Å². The van der Waals surface area contributed by atoms with Crippen LogP contribution in [0, 0.1) is 0 Å². The van der Waals surface area contributed by atoms with Crippen LogP contribution in [0.25, 0.3) is 0 Å². The summed E-state index contributed by atoms with van der Waals surface area (Å²) in [6.07, 6.45) is 5.88. The van der Waals surface area contributed by atoms with E-state index in [2.05, 4.69) is 4.98 Å². The van der Waals surface area contributed by atoms with E-state index in [9.17, 15) is 4.79 Å². The molecule has 12 heavy (non-hydrogen) atoms. The van der Waals surface area contributed by atoms with Crippen LogP contribution in [-0.4, -0.2) is 10.8 Å². The van der Waals surface area contributed by atoms with E-state index >= 15 is 0 Å². The highest BCUT2D eigenvalue weighted by Crippen LogP contribution is 1.96. The predicted molar refractivity (Wildman–Crippen MR) is 48.0 cm³/mol. The molecule has 0 N–H and O–H groups in total. The minimum atomic E-state index is -0.0301. The van der Waals surface area contributed by atoms with Gasteiger partial charge in [-0.15, -0.1) is 0 Å². The van der Waals surface area contributed by atoms with E-state index in [-0.39, 0.29) is 5.78 Å². The molecule has 1 aromatic heterocycles. The molecular weight excluding hydrogens is 150 g/mol. The van der Waals surface area contributed by atoms with Crippen molar-refractivity contribution in [3.63, 3.8) is 0 Å². The molecule has 0 amide bonds. The quantitative estimate of drug-likeness (QED) is 0.502. The Balaban J connectivity index is 2.72. The number of rotatable bonds is 3. The molecule has 0 aromatic carbocycles. The summed E-state index contributed by atoms with van der Waals surface area (Å²) in [5.41, 5.74) is 0.502. The van der Waals surface area contributed by atoms with Gasteiger partial charge in [-0.1, -0.05) is 19.1 Å². The van der Waals surface area contributed by atoms with Crippen molar-refractivity contribution in [3.8, 4) is 0 Å². The van der Waals surface area contributed by atoms with Crippen LogP contribution in [0.4, 0.5) is 0 Å². The Hall–Kier alpha value is -1.44. The van der Waals surface area contributed by atoms with Gasteiger partial charge in [0.1, 0.15) is 5.69 Å². The van der Waals surface area contributed by atoms with Crippen LogP contribution in [0.2, 0.25) is 0 Å². The number of hydrogen-bond acceptors (Lipinski definition) is 2. The van der Waals surface area contributed by atoms with Gasteiger partial charge in [-0.2, -0.15) is 0 Å². The molecule has 0 aliphatic heterocycles. The third-order valence-corrected chi connectivity index (χ3v) is 1.42. The zero-order valence-corrected chi connectivity index (χ0v) is 7.03. The molecule has 0 bridgehead atoms. The van der Waals surface area contributed by atoms with Crippen LogP contribution in [0.1, 0.15) is 23.8 Å². The summed E-state index contributed by atoms with van der Waals surface area (Å²) in [6.45, 7) is 1.99. The van der Waals surface area contributed by atoms with E-state index in [1.165, 1.54) is 0 Å². The van der Waals surface area contributed by atoms with Crippen LogP contribution in [0.5, 0.6) is 0 Å². The monoisotopic (exact) mass is 161 g/mol. The third-order valence-electron chi connectivity index (χ3n) is 1.42. The smallest absolute Gasteiger partial charge is 0.203 e. The molecule has 0 fully saturated rings. The Bertz CT molecular complexity index is 277. The lowest BCUT2D eigenvalue weighted by Crippen LogP contribution is -1.96. The number of ketones is 1. The van der Waals surface area contributed by atoms with Gasteiger partial charge < -0.3 is 0 Å². The van der Waals surface area contributed by atoms with Crippen LogP contribution >= 0.6 is 0 Å². The second-order valence-electron chi connectivity index (χ2n) is 2.39. The Morgan fingerprint density at radius 1 is 1.58 bits per heavy atom. The lowest BCUT2D eigenvalue weighted by atomic mass is 10.2. The van der Waals surface area contributed by atoms with E-state index in [1.54, 1.807) is 30.5 Å². The molecule has 2 nitrogen and oxygen atoms in total. The van der Waals surface area contributed by atoms with Gasteiger partial charge in [-0.05, 0) is 24.6 Å². The third kappa shape index (κ3) is 2.31. The highest BCUT2D eigenvalue weighted by Gasteiger charge is 1.99. The van der Waals surface area contributed by atoms with E-state index in [0.29, 0.717) is 5.69 Å². The van der Waals surface area contributed by atoms with Crippen molar-refractivity contribution in [3.05, 3.63) is 42.2 Å². The van der Waals surface area contributed by atoms with Crippen LogP contribution in [-0.2, 0) is 0 Å². The molecule has 0 spiro atoms. The molecule has 2 heteroatoms. The lowest BCUT2D eigenvalue weighted by molar-refractivity contribution is 0.104. The first kappa shape index (κ1) is 8.65. The van der Waals surface area contributed by atoms with Crippen molar-refractivity contribution in [1.82, 2.24) is 4.98 Å². The van der Waals surface area contributed by atoms with Gasteiger partial charge in [-0.3, -0.25) is 9.78 Å². The van der Waals surface area contributed by atoms with Crippen LogP contribution < -0.4 is 0 Å². The van der Waals surface area contributed by atoms with Crippen molar-refractivity contribution in [2.45, 2.75) is 13.3 Å². The van der Waals surface area contributed by atoms with Crippen molar-refractivity contribution in [1.29, 1.82) is 0 Å². The number of carbonyl (C=O) groups excluding carboxylic acids is 1. The summed E-state index contributed by atoms with van der Waals surface area (Å²) >= 11 is 0. The molecule has 0 saturated carbocycles. The number of hydrogen-bond donors (Lipinski definition) is 0. The normalized spacial score (nSPS) is 10.4. The molecule has 0 radical (unpaired) electrons. The zero-order valence-electron chi connectivity index (χ0n) is 7.03. The summed E-state index contributed by atoms with van der Waals surface area (Å²) < 4.78 is 0. The fourth-order valence-corrected chi connectivity index (χ4v) is 0.819. The Kier molecular flexibility index (Phi) is 3.20. The highest BCUT2D eigenvalue weighted by atomic mass is 16.1. The zero-order chi connectivity index (χ0) is 8.81. The van der Waals surface area contributed by atoms with Gasteiger partial charge >= 0.3 is 0 Å². The second-order valence-corrected chi connectivity index (χ2v) is 2.39. The number of allylic oxidation sites excluding steroid dienone is 2. The summed E-state index contributed by atoms with van der Waals surface area (Å²) in [6, 6.07) is 5.31. The van der Waals surface area contributed by atoms with Crippen LogP contribution in [0.15, 0.2) is 36.5 Å². The van der Waals surface area contributed by atoms with Gasteiger partial charge in [0.25, 0.3) is 0 Å². The largest absolute Gasteiger partial charge is 0.288 e. The summed E-state index contributed by atoms with van der Waals surface area (Å²) in [5.74, 6) is -0.0301. The molecule has 1 heterocycles. The fourth-order valence-electron chi connectivity index (χ4n) is 0.819. The maximum Gasteiger partial charge on any atom is 0.203 e. The van der Waals surface area contributed by atoms with E-state index in [1.807, 2.05) is 13.0 Å². The van der Waals surface area contributed by atoms with Crippen molar-refractivity contribution < 1.29 is 4.79 Å². The second kappa shape index (κ2) is 4.44. The molecule has 1 aromatic rings. The molecular formula is C10H11NO. The molecule has 0 aliphatic carbocycles. The molecule has 1 rings (SSSR count). The van der Waals surface area contributed by atoms with E-state index < -0.39 is 0 Å². The summed E-state index contributed by atoms with van der Waals surface area (Å²) in [5, 5.41) is 0. The standard InChI is InChI=1S/C10H11NO/c1-2-3-7-10(12)9-6-4-5-8-11-9/h3-8H,2H2,1H3/b7-3+. The number of pyridine rings is 1. The van der Waals surface area contributed by atoms with Crippen LogP contribution in [0.3, 0.4) is 0 Å². The SMILES string of the molecule is CC/C=C/C(=O)c1ccccn1. The lowest BCUT2D eigenvalue weighted by Gasteiger charge is -1.91. The van der Waals surface area contributed by atoms with E-state index in [0.717, 1.165) is 6.42 Å². The van der Waals surface area contributed by atoms with Crippen molar-refractivity contribution in [2.75, 3.05) is 0 Å². The Labute approximate surface area is 71.9 Å². The maximum atomic E-state index is 11.3. The fraction of sp³-hybridized carbons (Fsp3) is 0.200. The Morgan fingerprint density at radius 2 is 2.42 bits per heavy atom. The molecule has 0 atom stereocenters. The Morgan fingerprint density at radius 3 is 3.00 bits per heavy atom. The van der Waals surface area contributed by atoms with E-state index in [4.69, 9.17) is 0 Å². The number of carbonyl (C=O) groups is 1. The van der Waals surface area contributed by atoms with Crippen molar-refractivity contribution in [2.24, 2.45) is 0 Å². The van der Waals surface area contributed by atoms with Gasteiger partial charge in [0.05, 0.1) is 0 Å².